The van der Waals surface area contributed by atoms with Crippen molar-refractivity contribution in [3.05, 3.63) is 199 Å². The highest BCUT2D eigenvalue weighted by Gasteiger charge is 2.62. The second-order valence-electron chi connectivity index (χ2n) is 18.1. The molecule has 1 heterocycles. The van der Waals surface area contributed by atoms with E-state index in [9.17, 15) is 0 Å². The minimum atomic E-state index is 0.145. The summed E-state index contributed by atoms with van der Waals surface area (Å²) in [5, 5.41) is 0. The van der Waals surface area contributed by atoms with E-state index in [-0.39, 0.29) is 5.41 Å². The van der Waals surface area contributed by atoms with E-state index in [0.717, 1.165) is 40.7 Å². The first-order valence-corrected chi connectivity index (χ1v) is 23.8. The Balaban J connectivity index is 0.859. The van der Waals surface area contributed by atoms with Crippen LogP contribution in [0, 0.1) is 23.7 Å². The maximum absolute atomic E-state index is 2.51. The number of benzene rings is 8. The summed E-state index contributed by atoms with van der Waals surface area (Å²) in [6.07, 6.45) is 7.09. The van der Waals surface area contributed by atoms with Crippen molar-refractivity contribution < 1.29 is 0 Å². The first-order chi connectivity index (χ1) is 30.2. The second kappa shape index (κ2) is 14.2. The lowest BCUT2D eigenvalue weighted by Gasteiger charge is -2.61. The third kappa shape index (κ3) is 5.70. The van der Waals surface area contributed by atoms with Crippen LogP contribution in [0.15, 0.2) is 208 Å². The zero-order valence-electron chi connectivity index (χ0n) is 34.0. The van der Waals surface area contributed by atoms with Gasteiger partial charge >= 0.3 is 0 Å². The number of fused-ring (bicyclic) bond motifs is 5. The Morgan fingerprint density at radius 2 is 0.836 bits per heavy atom. The van der Waals surface area contributed by atoms with Crippen molar-refractivity contribution >= 4 is 40.6 Å². The van der Waals surface area contributed by atoms with Gasteiger partial charge in [-0.05, 0) is 166 Å². The van der Waals surface area contributed by atoms with Crippen molar-refractivity contribution in [3.8, 4) is 44.5 Å². The Labute approximate surface area is 367 Å². The largest absolute Gasteiger partial charge is 0.310 e. The zero-order valence-corrected chi connectivity index (χ0v) is 35.6. The molecule has 4 fully saturated rings. The fourth-order valence-corrected chi connectivity index (χ4v) is 14.9. The summed E-state index contributed by atoms with van der Waals surface area (Å²) in [7, 11) is 0. The van der Waals surface area contributed by atoms with E-state index in [1.54, 1.807) is 11.1 Å². The molecule has 14 rings (SSSR count). The fourth-order valence-electron chi connectivity index (χ4n) is 12.6. The quantitative estimate of drug-likeness (QED) is 0.165. The van der Waals surface area contributed by atoms with Gasteiger partial charge in [0.1, 0.15) is 0 Å². The van der Waals surface area contributed by atoms with Crippen LogP contribution in [0.4, 0.5) is 17.1 Å². The maximum Gasteiger partial charge on any atom is 0.0473 e. The summed E-state index contributed by atoms with van der Waals surface area (Å²) in [4.78, 5) is 7.73. The molecule has 1 spiro atoms. The maximum atomic E-state index is 2.51. The summed E-state index contributed by atoms with van der Waals surface area (Å²) in [6.45, 7) is 0. The van der Waals surface area contributed by atoms with Gasteiger partial charge in [-0.15, -0.1) is 0 Å². The number of rotatable bonds is 6. The molecule has 4 bridgehead atoms. The lowest BCUT2D eigenvalue weighted by Crippen LogP contribution is -2.55. The van der Waals surface area contributed by atoms with Crippen molar-refractivity contribution in [2.75, 3.05) is 4.90 Å². The number of nitrogens with zero attached hydrogens (tertiary/aromatic N) is 1. The molecule has 0 aromatic heterocycles. The molecule has 6 aliphatic rings. The van der Waals surface area contributed by atoms with Gasteiger partial charge in [0.15, 0.2) is 0 Å². The third-order valence-electron chi connectivity index (χ3n) is 14.9. The molecule has 5 aliphatic carbocycles. The summed E-state index contributed by atoms with van der Waals surface area (Å²) < 4.78 is 0. The van der Waals surface area contributed by atoms with Crippen LogP contribution in [0.2, 0.25) is 0 Å². The molecule has 3 heteroatoms. The molecular formula is C58H45NS2. The van der Waals surface area contributed by atoms with Crippen LogP contribution in [0.25, 0.3) is 44.5 Å². The zero-order chi connectivity index (χ0) is 40.1. The third-order valence-corrected chi connectivity index (χ3v) is 17.4. The van der Waals surface area contributed by atoms with Gasteiger partial charge in [-0.1, -0.05) is 157 Å². The van der Waals surface area contributed by atoms with Crippen molar-refractivity contribution in [1.29, 1.82) is 0 Å². The summed E-state index contributed by atoms with van der Waals surface area (Å²) in [6, 6.07) is 70.5. The number of hydrogen-bond acceptors (Lipinski definition) is 3. The molecule has 294 valence electrons. The second-order valence-corrected chi connectivity index (χ2v) is 20.3. The first kappa shape index (κ1) is 36.0. The van der Waals surface area contributed by atoms with Crippen LogP contribution in [0.3, 0.4) is 0 Å². The molecule has 0 radical (unpaired) electrons. The average molecular weight is 820 g/mol. The lowest BCUT2D eigenvalue weighted by atomic mass is 9.42. The van der Waals surface area contributed by atoms with E-state index in [2.05, 4.69) is 193 Å². The minimum absolute atomic E-state index is 0.145. The van der Waals surface area contributed by atoms with Crippen LogP contribution in [0.1, 0.15) is 43.2 Å². The molecule has 0 saturated heterocycles. The average Bonchev–Trinajstić information content (AvgIpc) is 3.62. The summed E-state index contributed by atoms with van der Waals surface area (Å²) in [5.41, 5.74) is 17.6. The highest BCUT2D eigenvalue weighted by molar-refractivity contribution is 8.05. The SMILES string of the molecule is c1ccc(-c2ccc(N(c3ccc(-c4ccccc4)cc3)c3ccc4c(c3)Sc3ccc(-c5cccc6c5C5(c7ccccc7-6)C6CC7CC(C6)CC5C7)cc3S4)cc2)cc1. The number of anilines is 3. The normalized spacial score (nSPS) is 22.4. The summed E-state index contributed by atoms with van der Waals surface area (Å²) in [5.74, 6) is 3.36. The van der Waals surface area contributed by atoms with Crippen LogP contribution in [-0.2, 0) is 5.41 Å². The first-order valence-electron chi connectivity index (χ1n) is 22.2. The van der Waals surface area contributed by atoms with Crippen molar-refractivity contribution in [2.45, 2.75) is 57.1 Å². The topological polar surface area (TPSA) is 3.24 Å². The molecule has 0 N–H and O–H groups in total. The monoisotopic (exact) mass is 819 g/mol. The molecule has 8 aromatic rings. The Bertz CT molecular complexity index is 2860. The highest BCUT2D eigenvalue weighted by atomic mass is 32.2. The van der Waals surface area contributed by atoms with E-state index in [1.165, 1.54) is 96.2 Å². The van der Waals surface area contributed by atoms with Crippen LogP contribution >= 0.6 is 23.5 Å². The van der Waals surface area contributed by atoms with E-state index in [4.69, 9.17) is 0 Å². The van der Waals surface area contributed by atoms with E-state index < -0.39 is 0 Å². The van der Waals surface area contributed by atoms with Gasteiger partial charge in [-0.25, -0.2) is 0 Å². The van der Waals surface area contributed by atoms with Crippen molar-refractivity contribution in [3.63, 3.8) is 0 Å². The standard InChI is InChI=1S/C58H45NS2/c1-3-10-39(11-4-1)41-18-23-46(24-19-41)59(47-25-20-42(21-26-47)40-12-5-2-6-13-40)48-27-29-54-56(36-48)61-53-28-22-43(35-55(53)60-54)49-15-9-16-51-50-14-7-8-17-52(50)58(57(49)51)44-31-37-30-38(33-44)34-45(58)32-37/h1-29,35-38,44-45H,30-34H2. The van der Waals surface area contributed by atoms with Crippen LogP contribution in [-0.4, -0.2) is 0 Å². The van der Waals surface area contributed by atoms with Crippen molar-refractivity contribution in [1.82, 2.24) is 0 Å². The molecule has 61 heavy (non-hydrogen) atoms. The molecule has 1 nitrogen and oxygen atoms in total. The Morgan fingerprint density at radius 1 is 0.361 bits per heavy atom. The van der Waals surface area contributed by atoms with Crippen LogP contribution < -0.4 is 4.90 Å². The Morgan fingerprint density at radius 3 is 1.46 bits per heavy atom. The Hall–Kier alpha value is -5.74. The van der Waals surface area contributed by atoms with Gasteiger partial charge in [0.25, 0.3) is 0 Å². The molecule has 8 aromatic carbocycles. The van der Waals surface area contributed by atoms with Crippen molar-refractivity contribution in [2.24, 2.45) is 23.7 Å². The fraction of sp³-hybridized carbons (Fsp3) is 0.172. The molecule has 1 aliphatic heterocycles. The molecule has 4 saturated carbocycles. The van der Waals surface area contributed by atoms with E-state index in [0.29, 0.717) is 0 Å². The number of hydrogen-bond donors (Lipinski definition) is 0. The minimum Gasteiger partial charge on any atom is -0.310 e. The smallest absolute Gasteiger partial charge is 0.0473 e. The van der Waals surface area contributed by atoms with Gasteiger partial charge in [0.05, 0.1) is 0 Å². The molecular weight excluding hydrogens is 775 g/mol. The lowest BCUT2D eigenvalue weighted by molar-refractivity contribution is -0.0397. The van der Waals surface area contributed by atoms with E-state index in [1.807, 2.05) is 23.5 Å². The highest BCUT2D eigenvalue weighted by Crippen LogP contribution is 2.70. The van der Waals surface area contributed by atoms with Gasteiger partial charge in [0, 0.05) is 42.1 Å². The van der Waals surface area contributed by atoms with Gasteiger partial charge in [-0.3, -0.25) is 0 Å². The van der Waals surface area contributed by atoms with Gasteiger partial charge in [0.2, 0.25) is 0 Å². The predicted molar refractivity (Wildman–Crippen MR) is 255 cm³/mol. The van der Waals surface area contributed by atoms with Crippen LogP contribution in [0.5, 0.6) is 0 Å². The molecule has 0 unspecified atom stereocenters. The van der Waals surface area contributed by atoms with Gasteiger partial charge < -0.3 is 4.90 Å². The van der Waals surface area contributed by atoms with Gasteiger partial charge in [-0.2, -0.15) is 0 Å². The predicted octanol–water partition coefficient (Wildman–Crippen LogP) is 16.5. The molecule has 0 amide bonds. The molecule has 0 atom stereocenters. The van der Waals surface area contributed by atoms with E-state index >= 15 is 0 Å². The Kier molecular flexibility index (Phi) is 8.35. The summed E-state index contributed by atoms with van der Waals surface area (Å²) >= 11 is 3.85.